The third kappa shape index (κ3) is 4.16. The number of benzene rings is 3. The zero-order valence-corrected chi connectivity index (χ0v) is 18.1. The fourth-order valence-corrected chi connectivity index (χ4v) is 4.19. The fraction of sp³-hybridized carbons (Fsp3) is 0.259. The molecule has 0 radical (unpaired) electrons. The summed E-state index contributed by atoms with van der Waals surface area (Å²) in [5, 5.41) is 0. The molecule has 0 spiro atoms. The summed E-state index contributed by atoms with van der Waals surface area (Å²) in [4.78, 5) is 0. The number of hydrogen-bond donors (Lipinski definition) is 0. The Bertz CT molecular complexity index is 1200. The molecule has 5 heteroatoms. The summed E-state index contributed by atoms with van der Waals surface area (Å²) >= 11 is 0. The molecule has 0 aliphatic heterocycles. The minimum absolute atomic E-state index is 0.00823. The molecule has 3 aromatic carbocycles. The SMILES string of the molecule is CCCCc1ccc(C2=CCc3cc(-c4ccc(OC)c(F)c4F)c(F)cc3C2)c(F)c1. The topological polar surface area (TPSA) is 9.23 Å². The highest BCUT2D eigenvalue weighted by atomic mass is 19.2. The van der Waals surface area contributed by atoms with Crippen LogP contribution in [0.5, 0.6) is 5.75 Å². The zero-order valence-electron chi connectivity index (χ0n) is 18.1. The lowest BCUT2D eigenvalue weighted by Crippen LogP contribution is -2.06. The van der Waals surface area contributed by atoms with Crippen LogP contribution in [0.2, 0.25) is 0 Å². The lowest BCUT2D eigenvalue weighted by molar-refractivity contribution is 0.372. The molecule has 0 amide bonds. The largest absolute Gasteiger partial charge is 0.494 e. The Balaban J connectivity index is 1.64. The van der Waals surface area contributed by atoms with Crippen molar-refractivity contribution in [1.29, 1.82) is 0 Å². The first-order chi connectivity index (χ1) is 15.4. The van der Waals surface area contributed by atoms with Gasteiger partial charge in [-0.2, -0.15) is 4.39 Å². The number of ether oxygens (including phenoxy) is 1. The number of unbranched alkanes of at least 4 members (excludes halogenated alkanes) is 1. The van der Waals surface area contributed by atoms with E-state index in [9.17, 15) is 17.6 Å². The lowest BCUT2D eigenvalue weighted by atomic mass is 9.85. The van der Waals surface area contributed by atoms with Gasteiger partial charge in [0.05, 0.1) is 7.11 Å². The normalized spacial score (nSPS) is 13.0. The Kier molecular flexibility index (Phi) is 6.35. The number of allylic oxidation sites excluding steroid dienone is 2. The Morgan fingerprint density at radius 3 is 2.28 bits per heavy atom. The highest BCUT2D eigenvalue weighted by molar-refractivity contribution is 5.74. The number of hydrogen-bond acceptors (Lipinski definition) is 1. The number of methoxy groups -OCH3 is 1. The number of fused-ring (bicyclic) bond motifs is 1. The van der Waals surface area contributed by atoms with Crippen molar-refractivity contribution in [1.82, 2.24) is 0 Å². The highest BCUT2D eigenvalue weighted by Crippen LogP contribution is 2.36. The third-order valence-electron chi connectivity index (χ3n) is 5.99. The summed E-state index contributed by atoms with van der Waals surface area (Å²) < 4.78 is 63.1. The Hall–Kier alpha value is -3.08. The van der Waals surface area contributed by atoms with E-state index in [0.717, 1.165) is 36.0 Å². The van der Waals surface area contributed by atoms with E-state index in [-0.39, 0.29) is 22.7 Å². The van der Waals surface area contributed by atoms with Gasteiger partial charge >= 0.3 is 0 Å². The van der Waals surface area contributed by atoms with Gasteiger partial charge in [0.1, 0.15) is 11.6 Å². The van der Waals surface area contributed by atoms with Gasteiger partial charge in [0.15, 0.2) is 11.6 Å². The van der Waals surface area contributed by atoms with Crippen molar-refractivity contribution in [3.63, 3.8) is 0 Å². The van der Waals surface area contributed by atoms with Crippen LogP contribution in [0.1, 0.15) is 42.0 Å². The Labute approximate surface area is 185 Å². The van der Waals surface area contributed by atoms with E-state index in [1.54, 1.807) is 18.2 Å². The molecule has 1 aliphatic carbocycles. The fourth-order valence-electron chi connectivity index (χ4n) is 4.19. The minimum atomic E-state index is -1.15. The van der Waals surface area contributed by atoms with Crippen LogP contribution in [-0.4, -0.2) is 7.11 Å². The standard InChI is InChI=1S/C27H24F4O/c1-3-4-5-16-6-9-20(23(28)12-16)18-8-7-17-14-22(24(29)15-19(17)13-18)21-10-11-25(32-2)27(31)26(21)30/h6,8-12,14-15H,3-5,7,13H2,1-2H3. The average molecular weight is 440 g/mol. The average Bonchev–Trinajstić information content (AvgIpc) is 2.79. The first-order valence-corrected chi connectivity index (χ1v) is 10.7. The van der Waals surface area contributed by atoms with Gasteiger partial charge in [-0.1, -0.05) is 31.6 Å². The summed E-state index contributed by atoms with van der Waals surface area (Å²) in [5.74, 6) is -3.47. The summed E-state index contributed by atoms with van der Waals surface area (Å²) in [7, 11) is 1.24. The van der Waals surface area contributed by atoms with Gasteiger partial charge < -0.3 is 4.74 Å². The lowest BCUT2D eigenvalue weighted by Gasteiger charge is -2.20. The van der Waals surface area contributed by atoms with Crippen LogP contribution in [-0.2, 0) is 19.3 Å². The maximum atomic E-state index is 14.9. The molecule has 1 nitrogen and oxygen atoms in total. The predicted molar refractivity (Wildman–Crippen MR) is 119 cm³/mol. The van der Waals surface area contributed by atoms with E-state index in [2.05, 4.69) is 6.92 Å². The molecule has 32 heavy (non-hydrogen) atoms. The van der Waals surface area contributed by atoms with Crippen LogP contribution in [0, 0.1) is 23.3 Å². The van der Waals surface area contributed by atoms with E-state index < -0.39 is 17.5 Å². The first kappa shape index (κ1) is 22.1. The maximum Gasteiger partial charge on any atom is 0.201 e. The second-order valence-electron chi connectivity index (χ2n) is 8.07. The van der Waals surface area contributed by atoms with Crippen molar-refractivity contribution in [2.45, 2.75) is 39.0 Å². The molecular weight excluding hydrogens is 416 g/mol. The van der Waals surface area contributed by atoms with Gasteiger partial charge in [0.2, 0.25) is 5.82 Å². The number of rotatable bonds is 6. The molecule has 0 N–H and O–H groups in total. The summed E-state index contributed by atoms with van der Waals surface area (Å²) in [5.41, 5.74) is 3.63. The van der Waals surface area contributed by atoms with Crippen LogP contribution in [0.3, 0.4) is 0 Å². The molecule has 166 valence electrons. The smallest absolute Gasteiger partial charge is 0.201 e. The molecule has 1 aliphatic rings. The summed E-state index contributed by atoms with van der Waals surface area (Å²) in [6, 6.07) is 10.8. The van der Waals surface area contributed by atoms with Gasteiger partial charge in [0.25, 0.3) is 0 Å². The van der Waals surface area contributed by atoms with Crippen molar-refractivity contribution >= 4 is 5.57 Å². The Morgan fingerprint density at radius 2 is 1.56 bits per heavy atom. The molecule has 0 saturated carbocycles. The van der Waals surface area contributed by atoms with E-state index in [1.165, 1.54) is 25.3 Å². The number of halogens is 4. The van der Waals surface area contributed by atoms with E-state index in [1.807, 2.05) is 12.1 Å². The molecule has 0 aromatic heterocycles. The summed E-state index contributed by atoms with van der Waals surface area (Å²) in [6.45, 7) is 2.10. The Morgan fingerprint density at radius 1 is 0.812 bits per heavy atom. The summed E-state index contributed by atoms with van der Waals surface area (Å²) in [6.07, 6.45) is 5.64. The zero-order chi connectivity index (χ0) is 22.8. The van der Waals surface area contributed by atoms with Gasteiger partial charge in [-0.25, -0.2) is 13.2 Å². The molecule has 0 unspecified atom stereocenters. The van der Waals surface area contributed by atoms with Gasteiger partial charge in [-0.3, -0.25) is 0 Å². The van der Waals surface area contributed by atoms with Crippen molar-refractivity contribution in [2.24, 2.45) is 0 Å². The van der Waals surface area contributed by atoms with E-state index in [0.29, 0.717) is 24.0 Å². The van der Waals surface area contributed by atoms with Crippen molar-refractivity contribution < 1.29 is 22.3 Å². The quantitative estimate of drug-likeness (QED) is 0.362. The maximum absolute atomic E-state index is 14.9. The first-order valence-electron chi connectivity index (χ1n) is 10.7. The second-order valence-corrected chi connectivity index (χ2v) is 8.07. The van der Waals surface area contributed by atoms with Crippen molar-refractivity contribution in [3.05, 3.63) is 94.1 Å². The van der Waals surface area contributed by atoms with Crippen molar-refractivity contribution in [3.8, 4) is 16.9 Å². The molecule has 0 bridgehead atoms. The van der Waals surface area contributed by atoms with Gasteiger partial charge in [0, 0.05) is 16.7 Å². The molecule has 0 heterocycles. The van der Waals surface area contributed by atoms with Crippen LogP contribution < -0.4 is 4.74 Å². The van der Waals surface area contributed by atoms with Crippen LogP contribution in [0.4, 0.5) is 17.6 Å². The minimum Gasteiger partial charge on any atom is -0.494 e. The van der Waals surface area contributed by atoms with Gasteiger partial charge in [-0.15, -0.1) is 0 Å². The highest BCUT2D eigenvalue weighted by Gasteiger charge is 2.22. The van der Waals surface area contributed by atoms with Crippen LogP contribution in [0.15, 0.2) is 48.5 Å². The molecule has 4 rings (SSSR count). The van der Waals surface area contributed by atoms with Crippen LogP contribution >= 0.6 is 0 Å². The predicted octanol–water partition coefficient (Wildman–Crippen LogP) is 7.44. The molecule has 3 aromatic rings. The van der Waals surface area contributed by atoms with E-state index in [4.69, 9.17) is 4.74 Å². The van der Waals surface area contributed by atoms with Crippen LogP contribution in [0.25, 0.3) is 16.7 Å². The molecule has 0 fully saturated rings. The second kappa shape index (κ2) is 9.19. The molecule has 0 atom stereocenters. The van der Waals surface area contributed by atoms with E-state index >= 15 is 0 Å². The molecule has 0 saturated heterocycles. The van der Waals surface area contributed by atoms with Crippen molar-refractivity contribution in [2.75, 3.05) is 7.11 Å². The number of aryl methyl sites for hydroxylation is 1. The van der Waals surface area contributed by atoms with Gasteiger partial charge in [-0.05, 0) is 78.3 Å². The molecular formula is C27H24F4O. The third-order valence-corrected chi connectivity index (χ3v) is 5.99. The monoisotopic (exact) mass is 440 g/mol.